The van der Waals surface area contributed by atoms with E-state index in [2.05, 4.69) is 27.8 Å². The van der Waals surface area contributed by atoms with Crippen LogP contribution in [0.2, 0.25) is 0 Å². The lowest BCUT2D eigenvalue weighted by Gasteiger charge is -2.19. The molecule has 2 heterocycles. The standard InChI is InChI=1S/C18H30N6O/c1-11(9-17-15(5)22-23(7)16(17)6)19-18(25)20-13(3)10-24-14(4)8-12(2)21-24/h8,11,13H,9-10H2,1-7H3,(H2,19,20,25)/t11-,13-/m1/s1. The van der Waals surface area contributed by atoms with Crippen molar-refractivity contribution in [1.82, 2.24) is 30.2 Å². The summed E-state index contributed by atoms with van der Waals surface area (Å²) >= 11 is 0. The van der Waals surface area contributed by atoms with E-state index < -0.39 is 0 Å². The molecule has 2 aromatic rings. The lowest BCUT2D eigenvalue weighted by Crippen LogP contribution is -2.46. The molecule has 7 heteroatoms. The Morgan fingerprint density at radius 1 is 1.12 bits per heavy atom. The van der Waals surface area contributed by atoms with Gasteiger partial charge in [0, 0.05) is 30.5 Å². The maximum Gasteiger partial charge on any atom is 0.315 e. The number of urea groups is 1. The Hall–Kier alpha value is -2.31. The Morgan fingerprint density at radius 2 is 1.76 bits per heavy atom. The van der Waals surface area contributed by atoms with Crippen LogP contribution in [0.15, 0.2) is 6.07 Å². The van der Waals surface area contributed by atoms with Crippen molar-refractivity contribution in [2.75, 3.05) is 0 Å². The first-order valence-electron chi connectivity index (χ1n) is 8.74. The van der Waals surface area contributed by atoms with E-state index in [0.29, 0.717) is 6.54 Å². The van der Waals surface area contributed by atoms with Crippen LogP contribution in [0.5, 0.6) is 0 Å². The molecule has 0 spiro atoms. The molecular formula is C18H30N6O. The second-order valence-corrected chi connectivity index (χ2v) is 7.01. The third-order valence-corrected chi connectivity index (χ3v) is 4.47. The SMILES string of the molecule is Cc1cc(C)n(C[C@@H](C)NC(=O)N[C@H](C)Cc2c(C)nn(C)c2C)n1. The van der Waals surface area contributed by atoms with Gasteiger partial charge in [0.05, 0.1) is 17.9 Å². The molecule has 0 saturated carbocycles. The van der Waals surface area contributed by atoms with Gasteiger partial charge in [-0.05, 0) is 59.6 Å². The van der Waals surface area contributed by atoms with Crippen molar-refractivity contribution in [3.05, 3.63) is 34.4 Å². The number of carbonyl (C=O) groups is 1. The molecule has 0 fully saturated rings. The number of nitrogens with one attached hydrogen (secondary N) is 2. The van der Waals surface area contributed by atoms with Gasteiger partial charge in [-0.25, -0.2) is 4.79 Å². The summed E-state index contributed by atoms with van der Waals surface area (Å²) in [5, 5.41) is 14.9. The molecule has 2 aromatic heterocycles. The van der Waals surface area contributed by atoms with Crippen LogP contribution in [-0.2, 0) is 20.0 Å². The third-order valence-electron chi connectivity index (χ3n) is 4.47. The van der Waals surface area contributed by atoms with E-state index in [0.717, 1.165) is 29.2 Å². The highest BCUT2D eigenvalue weighted by atomic mass is 16.2. The Labute approximate surface area is 149 Å². The molecule has 2 atom stereocenters. The summed E-state index contributed by atoms with van der Waals surface area (Å²) in [6, 6.07) is 1.91. The summed E-state index contributed by atoms with van der Waals surface area (Å²) in [5.41, 5.74) is 5.45. The molecule has 0 saturated heterocycles. The summed E-state index contributed by atoms with van der Waals surface area (Å²) in [7, 11) is 1.94. The van der Waals surface area contributed by atoms with Crippen molar-refractivity contribution in [3.63, 3.8) is 0 Å². The Bertz CT molecular complexity index is 745. The molecule has 0 aliphatic carbocycles. The predicted molar refractivity (Wildman–Crippen MR) is 98.7 cm³/mol. The zero-order valence-corrected chi connectivity index (χ0v) is 16.3. The molecule has 0 bridgehead atoms. The molecule has 2 N–H and O–H groups in total. The second kappa shape index (κ2) is 7.72. The fourth-order valence-corrected chi connectivity index (χ4v) is 3.12. The van der Waals surface area contributed by atoms with Gasteiger partial charge in [0.2, 0.25) is 0 Å². The maximum atomic E-state index is 12.2. The molecule has 138 valence electrons. The highest BCUT2D eigenvalue weighted by molar-refractivity contribution is 5.74. The molecule has 0 aliphatic rings. The van der Waals surface area contributed by atoms with Crippen molar-refractivity contribution in [1.29, 1.82) is 0 Å². The topological polar surface area (TPSA) is 76.8 Å². The monoisotopic (exact) mass is 346 g/mol. The maximum absolute atomic E-state index is 12.2. The zero-order valence-electron chi connectivity index (χ0n) is 16.3. The molecule has 0 aliphatic heterocycles. The van der Waals surface area contributed by atoms with Gasteiger partial charge in [0.15, 0.2) is 0 Å². The molecule has 25 heavy (non-hydrogen) atoms. The first kappa shape index (κ1) is 19.0. The summed E-state index contributed by atoms with van der Waals surface area (Å²) in [4.78, 5) is 12.2. The highest BCUT2D eigenvalue weighted by Gasteiger charge is 2.16. The second-order valence-electron chi connectivity index (χ2n) is 7.01. The van der Waals surface area contributed by atoms with Gasteiger partial charge in [0.1, 0.15) is 0 Å². The van der Waals surface area contributed by atoms with E-state index in [9.17, 15) is 4.79 Å². The van der Waals surface area contributed by atoms with Gasteiger partial charge in [-0.15, -0.1) is 0 Å². The van der Waals surface area contributed by atoms with Crippen LogP contribution in [0.4, 0.5) is 4.79 Å². The average Bonchev–Trinajstić information content (AvgIpc) is 2.91. The molecule has 2 rings (SSSR count). The summed E-state index contributed by atoms with van der Waals surface area (Å²) in [6.07, 6.45) is 0.769. The molecule has 0 unspecified atom stereocenters. The van der Waals surface area contributed by atoms with Gasteiger partial charge in [-0.1, -0.05) is 0 Å². The molecular weight excluding hydrogens is 316 g/mol. The number of nitrogens with zero attached hydrogens (tertiary/aromatic N) is 4. The molecule has 7 nitrogen and oxygen atoms in total. The number of hydrogen-bond donors (Lipinski definition) is 2. The van der Waals surface area contributed by atoms with Gasteiger partial charge in [0.25, 0.3) is 0 Å². The van der Waals surface area contributed by atoms with Crippen LogP contribution in [0.25, 0.3) is 0 Å². The number of amides is 2. The summed E-state index contributed by atoms with van der Waals surface area (Å²) in [5.74, 6) is 0. The van der Waals surface area contributed by atoms with E-state index in [-0.39, 0.29) is 18.1 Å². The third kappa shape index (κ3) is 4.84. The van der Waals surface area contributed by atoms with Crippen molar-refractivity contribution in [3.8, 4) is 0 Å². The van der Waals surface area contributed by atoms with Crippen molar-refractivity contribution in [2.24, 2.45) is 7.05 Å². The van der Waals surface area contributed by atoms with Gasteiger partial charge in [-0.2, -0.15) is 10.2 Å². The molecule has 0 radical (unpaired) electrons. The Balaban J connectivity index is 1.85. The Morgan fingerprint density at radius 3 is 2.28 bits per heavy atom. The van der Waals surface area contributed by atoms with Crippen molar-refractivity contribution in [2.45, 2.75) is 66.6 Å². The van der Waals surface area contributed by atoms with E-state index >= 15 is 0 Å². The van der Waals surface area contributed by atoms with Crippen molar-refractivity contribution < 1.29 is 4.79 Å². The summed E-state index contributed by atoms with van der Waals surface area (Å²) < 4.78 is 3.81. The quantitative estimate of drug-likeness (QED) is 0.841. The average molecular weight is 346 g/mol. The van der Waals surface area contributed by atoms with Crippen LogP contribution in [0.3, 0.4) is 0 Å². The first-order valence-corrected chi connectivity index (χ1v) is 8.74. The van der Waals surface area contributed by atoms with Gasteiger partial charge in [-0.3, -0.25) is 9.36 Å². The minimum Gasteiger partial charge on any atom is -0.335 e. The zero-order chi connectivity index (χ0) is 18.7. The summed E-state index contributed by atoms with van der Waals surface area (Å²) in [6.45, 7) is 12.7. The number of aryl methyl sites for hydroxylation is 4. The lowest BCUT2D eigenvalue weighted by atomic mass is 10.1. The fourth-order valence-electron chi connectivity index (χ4n) is 3.12. The minimum absolute atomic E-state index is 0.00735. The van der Waals surface area contributed by atoms with Gasteiger partial charge < -0.3 is 10.6 Å². The van der Waals surface area contributed by atoms with Crippen LogP contribution < -0.4 is 10.6 Å². The normalized spacial score (nSPS) is 13.6. The van der Waals surface area contributed by atoms with Crippen LogP contribution in [0, 0.1) is 27.7 Å². The fraction of sp³-hybridized carbons (Fsp3) is 0.611. The smallest absolute Gasteiger partial charge is 0.315 e. The molecule has 2 amide bonds. The van der Waals surface area contributed by atoms with E-state index in [1.807, 2.05) is 57.1 Å². The molecule has 0 aromatic carbocycles. The van der Waals surface area contributed by atoms with Crippen LogP contribution in [-0.4, -0.2) is 37.7 Å². The van der Waals surface area contributed by atoms with E-state index in [1.54, 1.807) is 0 Å². The lowest BCUT2D eigenvalue weighted by molar-refractivity contribution is 0.233. The number of aromatic nitrogens is 4. The number of hydrogen-bond acceptors (Lipinski definition) is 3. The van der Waals surface area contributed by atoms with Crippen LogP contribution >= 0.6 is 0 Å². The van der Waals surface area contributed by atoms with E-state index in [4.69, 9.17) is 0 Å². The van der Waals surface area contributed by atoms with E-state index in [1.165, 1.54) is 5.56 Å². The Kier molecular flexibility index (Phi) is 5.87. The minimum atomic E-state index is -0.152. The largest absolute Gasteiger partial charge is 0.335 e. The highest BCUT2D eigenvalue weighted by Crippen LogP contribution is 2.14. The van der Waals surface area contributed by atoms with Gasteiger partial charge >= 0.3 is 6.03 Å². The number of rotatable bonds is 6. The van der Waals surface area contributed by atoms with Crippen LogP contribution in [0.1, 0.15) is 42.2 Å². The van der Waals surface area contributed by atoms with Crippen molar-refractivity contribution >= 4 is 6.03 Å². The first-order chi connectivity index (χ1) is 11.7. The number of carbonyl (C=O) groups excluding carboxylic acids is 1. The predicted octanol–water partition coefficient (Wildman–Crippen LogP) is 2.17.